The third-order valence-corrected chi connectivity index (χ3v) is 2.99. The molecule has 0 spiro atoms. The molecule has 1 unspecified atom stereocenters. The maximum Gasteiger partial charge on any atom is 0.157 e. The molecule has 88 valence electrons. The molecule has 1 aliphatic rings. The summed E-state index contributed by atoms with van der Waals surface area (Å²) in [7, 11) is 0. The van der Waals surface area contributed by atoms with Gasteiger partial charge in [0.05, 0.1) is 19.1 Å². The van der Waals surface area contributed by atoms with Crippen LogP contribution in [0.3, 0.4) is 0 Å². The van der Waals surface area contributed by atoms with E-state index in [0.717, 1.165) is 23.8 Å². The van der Waals surface area contributed by atoms with Gasteiger partial charge in [-0.15, -0.1) is 0 Å². The fourth-order valence-electron chi connectivity index (χ4n) is 2.08. The van der Waals surface area contributed by atoms with Crippen molar-refractivity contribution < 1.29 is 4.74 Å². The lowest BCUT2D eigenvalue weighted by Gasteiger charge is -2.23. The number of hydrogen-bond acceptors (Lipinski definition) is 4. The van der Waals surface area contributed by atoms with Crippen LogP contribution >= 0.6 is 0 Å². The van der Waals surface area contributed by atoms with Gasteiger partial charge in [-0.05, 0) is 18.1 Å². The standard InChI is InChI=1S/C12H14N4O/c13-6-11-14-12(16-15-11)9-5-8-3-1-2-4-10(8)17-7-9/h1-4,9H,5-7,13H2,(H,14,15,16). The highest BCUT2D eigenvalue weighted by molar-refractivity contribution is 5.36. The molecule has 17 heavy (non-hydrogen) atoms. The first-order valence-electron chi connectivity index (χ1n) is 5.69. The van der Waals surface area contributed by atoms with Crippen LogP contribution in [0.5, 0.6) is 5.75 Å². The zero-order valence-corrected chi connectivity index (χ0v) is 9.39. The van der Waals surface area contributed by atoms with Crippen LogP contribution in [0.1, 0.15) is 23.1 Å². The summed E-state index contributed by atoms with van der Waals surface area (Å²) in [6.45, 7) is 1.01. The number of aromatic nitrogens is 3. The SMILES string of the molecule is NCc1nc(C2COc3ccccc3C2)n[nH]1. The molecule has 1 aromatic carbocycles. The Kier molecular flexibility index (Phi) is 2.53. The Hall–Kier alpha value is -1.88. The van der Waals surface area contributed by atoms with Crippen molar-refractivity contribution in [2.24, 2.45) is 5.73 Å². The number of hydrogen-bond donors (Lipinski definition) is 2. The zero-order valence-electron chi connectivity index (χ0n) is 9.39. The van der Waals surface area contributed by atoms with E-state index in [9.17, 15) is 0 Å². The summed E-state index contributed by atoms with van der Waals surface area (Å²) < 4.78 is 5.71. The van der Waals surface area contributed by atoms with Gasteiger partial charge >= 0.3 is 0 Å². The van der Waals surface area contributed by atoms with Gasteiger partial charge in [0, 0.05) is 0 Å². The summed E-state index contributed by atoms with van der Waals surface area (Å²) in [5, 5.41) is 7.02. The summed E-state index contributed by atoms with van der Waals surface area (Å²) >= 11 is 0. The molecule has 0 fully saturated rings. The third kappa shape index (κ3) is 1.89. The zero-order chi connectivity index (χ0) is 11.7. The number of para-hydroxylation sites is 1. The number of aromatic amines is 1. The molecule has 0 bridgehead atoms. The summed E-state index contributed by atoms with van der Waals surface area (Å²) in [5.74, 6) is 2.69. The highest BCUT2D eigenvalue weighted by Gasteiger charge is 2.24. The number of nitrogens with zero attached hydrogens (tertiary/aromatic N) is 2. The van der Waals surface area contributed by atoms with Crippen molar-refractivity contribution >= 4 is 0 Å². The van der Waals surface area contributed by atoms with Gasteiger partial charge in [-0.2, -0.15) is 5.10 Å². The smallest absolute Gasteiger partial charge is 0.157 e. The highest BCUT2D eigenvalue weighted by atomic mass is 16.5. The van der Waals surface area contributed by atoms with Crippen LogP contribution in [0, 0.1) is 0 Å². The number of fused-ring (bicyclic) bond motifs is 1. The maximum atomic E-state index is 5.71. The normalized spacial score (nSPS) is 18.5. The average molecular weight is 230 g/mol. The minimum Gasteiger partial charge on any atom is -0.493 e. The predicted octanol–water partition coefficient (Wildman–Crippen LogP) is 0.982. The quantitative estimate of drug-likeness (QED) is 0.806. The number of ether oxygens (including phenoxy) is 1. The van der Waals surface area contributed by atoms with Crippen molar-refractivity contribution in [1.82, 2.24) is 15.2 Å². The Morgan fingerprint density at radius 1 is 1.41 bits per heavy atom. The number of nitrogens with one attached hydrogen (secondary N) is 1. The van der Waals surface area contributed by atoms with Gasteiger partial charge in [-0.25, -0.2) is 4.98 Å². The molecule has 0 saturated heterocycles. The second-order valence-corrected chi connectivity index (χ2v) is 4.16. The van der Waals surface area contributed by atoms with Crippen LogP contribution in [0.2, 0.25) is 0 Å². The van der Waals surface area contributed by atoms with Gasteiger partial charge in [-0.1, -0.05) is 18.2 Å². The molecule has 5 nitrogen and oxygen atoms in total. The molecule has 5 heteroatoms. The van der Waals surface area contributed by atoms with E-state index < -0.39 is 0 Å². The Morgan fingerprint density at radius 3 is 3.12 bits per heavy atom. The molecule has 0 radical (unpaired) electrons. The van der Waals surface area contributed by atoms with Gasteiger partial charge in [0.2, 0.25) is 0 Å². The monoisotopic (exact) mass is 230 g/mol. The topological polar surface area (TPSA) is 76.8 Å². The Morgan fingerprint density at radius 2 is 2.29 bits per heavy atom. The molecule has 1 aromatic heterocycles. The van der Waals surface area contributed by atoms with Crippen molar-refractivity contribution in [3.63, 3.8) is 0 Å². The van der Waals surface area contributed by atoms with E-state index in [4.69, 9.17) is 10.5 Å². The van der Waals surface area contributed by atoms with Crippen molar-refractivity contribution in [2.45, 2.75) is 18.9 Å². The number of H-pyrrole nitrogens is 1. The first kappa shape index (κ1) is 10.3. The summed E-state index contributed by atoms with van der Waals surface area (Å²) in [4.78, 5) is 4.35. The van der Waals surface area contributed by atoms with Crippen molar-refractivity contribution in [3.05, 3.63) is 41.5 Å². The molecule has 0 amide bonds. The molecule has 0 aliphatic carbocycles. The van der Waals surface area contributed by atoms with Crippen LogP contribution < -0.4 is 10.5 Å². The van der Waals surface area contributed by atoms with Crippen LogP contribution in [0.25, 0.3) is 0 Å². The molecule has 1 aliphatic heterocycles. The van der Waals surface area contributed by atoms with Crippen LogP contribution in [0.15, 0.2) is 24.3 Å². The number of rotatable bonds is 2. The summed E-state index contributed by atoms with van der Waals surface area (Å²) in [6, 6.07) is 8.08. The van der Waals surface area contributed by atoms with E-state index >= 15 is 0 Å². The Bertz CT molecular complexity index is 523. The molecule has 0 saturated carbocycles. The van der Waals surface area contributed by atoms with E-state index in [-0.39, 0.29) is 5.92 Å². The lowest BCUT2D eigenvalue weighted by molar-refractivity contribution is 0.258. The van der Waals surface area contributed by atoms with Crippen molar-refractivity contribution in [1.29, 1.82) is 0 Å². The molecule has 1 atom stereocenters. The van der Waals surface area contributed by atoms with Gasteiger partial charge < -0.3 is 10.5 Å². The predicted molar refractivity (Wildman–Crippen MR) is 62.7 cm³/mol. The maximum absolute atomic E-state index is 5.71. The summed E-state index contributed by atoms with van der Waals surface area (Å²) in [6.07, 6.45) is 0.915. The molecule has 3 rings (SSSR count). The Labute approximate surface area is 99.0 Å². The molecule has 2 aromatic rings. The van der Waals surface area contributed by atoms with Crippen LogP contribution in [-0.4, -0.2) is 21.8 Å². The van der Waals surface area contributed by atoms with E-state index in [1.807, 2.05) is 18.2 Å². The second-order valence-electron chi connectivity index (χ2n) is 4.16. The average Bonchev–Trinajstić information content (AvgIpc) is 2.87. The number of nitrogens with two attached hydrogens (primary N) is 1. The van der Waals surface area contributed by atoms with E-state index in [0.29, 0.717) is 13.2 Å². The first-order valence-corrected chi connectivity index (χ1v) is 5.69. The second kappa shape index (κ2) is 4.18. The number of benzene rings is 1. The minimum absolute atomic E-state index is 0.210. The molecule has 2 heterocycles. The highest BCUT2D eigenvalue weighted by Crippen LogP contribution is 2.30. The third-order valence-electron chi connectivity index (χ3n) is 2.99. The molecule has 3 N–H and O–H groups in total. The van der Waals surface area contributed by atoms with Crippen LogP contribution in [-0.2, 0) is 13.0 Å². The fourth-order valence-corrected chi connectivity index (χ4v) is 2.08. The molecular formula is C12H14N4O. The van der Waals surface area contributed by atoms with E-state index in [1.54, 1.807) is 0 Å². The molecular weight excluding hydrogens is 216 g/mol. The Balaban J connectivity index is 1.84. The largest absolute Gasteiger partial charge is 0.493 e. The fraction of sp³-hybridized carbons (Fsp3) is 0.333. The van der Waals surface area contributed by atoms with Gasteiger partial charge in [0.15, 0.2) is 5.82 Å². The first-order chi connectivity index (χ1) is 8.36. The van der Waals surface area contributed by atoms with Gasteiger partial charge in [0.25, 0.3) is 0 Å². The summed E-state index contributed by atoms with van der Waals surface area (Å²) in [5.41, 5.74) is 6.72. The van der Waals surface area contributed by atoms with E-state index in [1.165, 1.54) is 5.56 Å². The van der Waals surface area contributed by atoms with Gasteiger partial charge in [0.1, 0.15) is 11.6 Å². The van der Waals surface area contributed by atoms with Crippen molar-refractivity contribution in [2.75, 3.05) is 6.61 Å². The minimum atomic E-state index is 0.210. The van der Waals surface area contributed by atoms with E-state index in [2.05, 4.69) is 21.2 Å². The lowest BCUT2D eigenvalue weighted by atomic mass is 9.96. The van der Waals surface area contributed by atoms with Crippen molar-refractivity contribution in [3.8, 4) is 5.75 Å². The van der Waals surface area contributed by atoms with Crippen LogP contribution in [0.4, 0.5) is 0 Å². The lowest BCUT2D eigenvalue weighted by Crippen LogP contribution is -2.20. The van der Waals surface area contributed by atoms with Gasteiger partial charge in [-0.3, -0.25) is 5.10 Å².